The van der Waals surface area contributed by atoms with E-state index in [0.717, 1.165) is 0 Å². The Hall–Kier alpha value is -0.940. The lowest BCUT2D eigenvalue weighted by molar-refractivity contribution is -0.697. The largest absolute Gasteiger partial charge is 0.286 e. The van der Waals surface area contributed by atoms with Crippen molar-refractivity contribution in [3.63, 3.8) is 0 Å². The third-order valence-electron chi connectivity index (χ3n) is 4.01. The van der Waals surface area contributed by atoms with Crippen molar-refractivity contribution in [2.75, 3.05) is 6.26 Å². The lowest BCUT2D eigenvalue weighted by Crippen LogP contribution is -2.33. The fourth-order valence-electron chi connectivity index (χ4n) is 2.67. The van der Waals surface area contributed by atoms with Crippen LogP contribution in [0.4, 0.5) is 0 Å². The highest BCUT2D eigenvalue weighted by Crippen LogP contribution is 2.08. The second-order valence-electron chi connectivity index (χ2n) is 6.76. The van der Waals surface area contributed by atoms with Crippen molar-refractivity contribution in [3.8, 4) is 0 Å². The summed E-state index contributed by atoms with van der Waals surface area (Å²) in [6.07, 6.45) is 20.3. The van der Waals surface area contributed by atoms with Gasteiger partial charge in [0.2, 0.25) is 0 Å². The van der Waals surface area contributed by atoms with Gasteiger partial charge in [-0.25, -0.2) is 4.57 Å². The van der Waals surface area contributed by atoms with E-state index in [4.69, 9.17) is 4.55 Å². The normalized spacial score (nSPS) is 11.0. The third kappa shape index (κ3) is 19.2. The molecule has 1 rings (SSSR count). The highest BCUT2D eigenvalue weighted by molar-refractivity contribution is 7.85. The van der Waals surface area contributed by atoms with Crippen LogP contribution >= 0.6 is 0 Å². The molecule has 0 saturated heterocycles. The molecule has 0 aliphatic heterocycles. The first-order chi connectivity index (χ1) is 11.9. The van der Waals surface area contributed by atoms with Crippen molar-refractivity contribution >= 4 is 10.1 Å². The van der Waals surface area contributed by atoms with Gasteiger partial charge >= 0.3 is 0 Å². The maximum absolute atomic E-state index is 9.19. The lowest BCUT2D eigenvalue weighted by atomic mass is 10.1. The number of hydrogen-bond acceptors (Lipinski definition) is 2. The molecule has 4 nitrogen and oxygen atoms in total. The molecule has 0 saturated carbocycles. The van der Waals surface area contributed by atoms with E-state index in [0.29, 0.717) is 6.26 Å². The van der Waals surface area contributed by atoms with Crippen LogP contribution in [0, 0.1) is 0 Å². The summed E-state index contributed by atoms with van der Waals surface area (Å²) in [5.41, 5.74) is 1.49. The molecular formula is C20H38NO3S+. The number of pyridine rings is 1. The summed E-state index contributed by atoms with van der Waals surface area (Å²) in [4.78, 5) is 0. The molecule has 25 heavy (non-hydrogen) atoms. The Kier molecular flexibility index (Phi) is 14.7. The van der Waals surface area contributed by atoms with Gasteiger partial charge in [0, 0.05) is 18.1 Å². The lowest BCUT2D eigenvalue weighted by Gasteiger charge is -2.02. The number of rotatable bonds is 12. The summed E-state index contributed by atoms with van der Waals surface area (Å²) < 4.78 is 28.2. The second kappa shape index (κ2) is 15.3. The zero-order valence-corrected chi connectivity index (χ0v) is 17.2. The summed E-state index contributed by atoms with van der Waals surface area (Å²) in [7, 11) is -3.67. The molecule has 1 N–H and O–H groups in total. The molecule has 0 aliphatic carbocycles. The monoisotopic (exact) mass is 372 g/mol. The number of nitrogens with zero attached hydrogens (tertiary/aromatic N) is 1. The van der Waals surface area contributed by atoms with Crippen LogP contribution in [-0.2, 0) is 23.1 Å². The van der Waals surface area contributed by atoms with E-state index in [2.05, 4.69) is 42.9 Å². The molecule has 0 amide bonds. The molecule has 0 atom stereocenters. The first-order valence-corrected chi connectivity index (χ1v) is 11.6. The number of aromatic nitrogens is 1. The topological polar surface area (TPSA) is 58.2 Å². The summed E-state index contributed by atoms with van der Waals surface area (Å²) in [6.45, 7) is 5.73. The van der Waals surface area contributed by atoms with Gasteiger partial charge in [0.15, 0.2) is 12.4 Å². The van der Waals surface area contributed by atoms with Gasteiger partial charge in [-0.15, -0.1) is 0 Å². The molecule has 0 aliphatic rings. The standard InChI is InChI=1S/C19H34N.CH4O3S/c1-3-5-7-8-9-10-11-12-16-20-17-13-15-19(18-20)14-6-4-2;1-5(2,3)4/h13,15,17-18H,3-12,14,16H2,1-2H3;1H3,(H,2,3,4)/q+1;. The molecule has 0 aromatic carbocycles. The van der Waals surface area contributed by atoms with Crippen molar-refractivity contribution in [2.45, 2.75) is 91.0 Å². The highest BCUT2D eigenvalue weighted by atomic mass is 32.2. The third-order valence-corrected chi connectivity index (χ3v) is 4.01. The van der Waals surface area contributed by atoms with Crippen LogP contribution in [0.1, 0.15) is 83.6 Å². The molecule has 0 unspecified atom stereocenters. The molecule has 1 aromatic rings. The summed E-state index contributed by atoms with van der Waals surface area (Å²) in [5.74, 6) is 0. The number of unbranched alkanes of at least 4 members (excludes halogenated alkanes) is 8. The van der Waals surface area contributed by atoms with E-state index in [-0.39, 0.29) is 0 Å². The number of aryl methyl sites for hydroxylation is 2. The van der Waals surface area contributed by atoms with E-state index >= 15 is 0 Å². The fraction of sp³-hybridized carbons (Fsp3) is 0.750. The van der Waals surface area contributed by atoms with E-state index < -0.39 is 10.1 Å². The van der Waals surface area contributed by atoms with E-state index in [1.54, 1.807) is 0 Å². The van der Waals surface area contributed by atoms with Crippen molar-refractivity contribution in [1.82, 2.24) is 0 Å². The Balaban J connectivity index is 0.00000101. The van der Waals surface area contributed by atoms with Crippen LogP contribution in [0.3, 0.4) is 0 Å². The van der Waals surface area contributed by atoms with Crippen LogP contribution < -0.4 is 4.57 Å². The van der Waals surface area contributed by atoms with Gasteiger partial charge in [-0.1, -0.05) is 58.8 Å². The summed E-state index contributed by atoms with van der Waals surface area (Å²) in [6, 6.07) is 4.47. The Morgan fingerprint density at radius 3 is 2.00 bits per heavy atom. The SMILES string of the molecule is CCCCCCCCCC[n+]1cccc(CCCC)c1.CS(=O)(=O)O. The minimum atomic E-state index is -3.67. The van der Waals surface area contributed by atoms with Crippen LogP contribution in [0.15, 0.2) is 24.5 Å². The van der Waals surface area contributed by atoms with Gasteiger partial charge in [-0.05, 0) is 25.3 Å². The fourth-order valence-corrected chi connectivity index (χ4v) is 2.67. The Morgan fingerprint density at radius 2 is 1.44 bits per heavy atom. The quantitative estimate of drug-likeness (QED) is 0.320. The van der Waals surface area contributed by atoms with Crippen molar-refractivity contribution in [3.05, 3.63) is 30.1 Å². The second-order valence-corrected chi connectivity index (χ2v) is 8.23. The molecule has 0 spiro atoms. The zero-order chi connectivity index (χ0) is 19.0. The smallest absolute Gasteiger partial charge is 0.261 e. The Bertz CT molecular complexity index is 521. The molecule has 0 bridgehead atoms. The van der Waals surface area contributed by atoms with E-state index in [9.17, 15) is 8.42 Å². The minimum Gasteiger partial charge on any atom is -0.286 e. The van der Waals surface area contributed by atoms with Gasteiger partial charge in [-0.2, -0.15) is 8.42 Å². The Labute approximate surface area is 155 Å². The van der Waals surface area contributed by atoms with Crippen LogP contribution in [0.2, 0.25) is 0 Å². The maximum Gasteiger partial charge on any atom is 0.261 e. The average molecular weight is 373 g/mol. The van der Waals surface area contributed by atoms with Gasteiger partial charge in [0.25, 0.3) is 10.1 Å². The predicted molar refractivity (Wildman–Crippen MR) is 105 cm³/mol. The van der Waals surface area contributed by atoms with Crippen molar-refractivity contribution in [1.29, 1.82) is 0 Å². The first kappa shape index (κ1) is 24.1. The van der Waals surface area contributed by atoms with E-state index in [1.807, 2.05) is 0 Å². The van der Waals surface area contributed by atoms with Gasteiger partial charge in [0.1, 0.15) is 6.54 Å². The predicted octanol–water partition coefficient (Wildman–Crippen LogP) is 4.96. The molecule has 146 valence electrons. The summed E-state index contributed by atoms with van der Waals surface area (Å²) in [5, 5.41) is 0. The zero-order valence-electron chi connectivity index (χ0n) is 16.4. The molecule has 5 heteroatoms. The van der Waals surface area contributed by atoms with Crippen LogP contribution in [0.5, 0.6) is 0 Å². The summed E-state index contributed by atoms with van der Waals surface area (Å²) >= 11 is 0. The van der Waals surface area contributed by atoms with Crippen molar-refractivity contribution < 1.29 is 17.5 Å². The van der Waals surface area contributed by atoms with Gasteiger partial charge < -0.3 is 0 Å². The molecule has 0 fully saturated rings. The minimum absolute atomic E-state index is 0.715. The number of hydrogen-bond donors (Lipinski definition) is 1. The first-order valence-electron chi connectivity index (χ1n) is 9.77. The van der Waals surface area contributed by atoms with Crippen LogP contribution in [0.25, 0.3) is 0 Å². The maximum atomic E-state index is 9.19. The van der Waals surface area contributed by atoms with Crippen LogP contribution in [-0.4, -0.2) is 19.2 Å². The molecular weight excluding hydrogens is 334 g/mol. The highest BCUT2D eigenvalue weighted by Gasteiger charge is 2.02. The van der Waals surface area contributed by atoms with E-state index in [1.165, 1.54) is 82.7 Å². The van der Waals surface area contributed by atoms with Gasteiger partial charge in [-0.3, -0.25) is 4.55 Å². The molecule has 1 aromatic heterocycles. The molecule has 0 radical (unpaired) electrons. The van der Waals surface area contributed by atoms with Gasteiger partial charge in [0.05, 0.1) is 6.26 Å². The van der Waals surface area contributed by atoms with Crippen molar-refractivity contribution in [2.24, 2.45) is 0 Å². The average Bonchev–Trinajstić information content (AvgIpc) is 2.54. The Morgan fingerprint density at radius 1 is 0.920 bits per heavy atom. The molecule has 1 heterocycles.